The van der Waals surface area contributed by atoms with Crippen molar-refractivity contribution in [3.8, 4) is 5.75 Å². The molecule has 1 atom stereocenters. The Bertz CT molecular complexity index is 1630. The number of rotatable bonds is 6. The second-order valence-corrected chi connectivity index (χ2v) is 8.35. The number of methoxy groups -OCH3 is 1. The first kappa shape index (κ1) is 23.2. The number of anilines is 2. The summed E-state index contributed by atoms with van der Waals surface area (Å²) in [5.74, 6) is -1.45. The molecule has 11 heteroatoms. The molecule has 36 heavy (non-hydrogen) atoms. The van der Waals surface area contributed by atoms with E-state index in [1.807, 2.05) is 0 Å². The molecule has 1 aliphatic rings. The standard InChI is InChI=1S/C25H21F2N5O4/c1-36-17-7-5-16(6-8-17)29-23-30-24(34)31(13-15-3-2-10-28-22(15)33)25(35)32(23)21-9-4-14-11-19(26)20(27)12-18(14)21/h2-3,5-8,10-12,21H,4,9,13H2,1H3,(H,28,33)(H,29,30,34). The van der Waals surface area contributed by atoms with E-state index in [0.717, 1.165) is 16.7 Å². The third-order valence-corrected chi connectivity index (χ3v) is 6.21. The number of halogens is 2. The Balaban J connectivity index is 1.67. The van der Waals surface area contributed by atoms with E-state index in [0.29, 0.717) is 35.4 Å². The molecule has 0 aliphatic heterocycles. The molecule has 4 aromatic rings. The fourth-order valence-electron chi connectivity index (χ4n) is 4.41. The lowest BCUT2D eigenvalue weighted by Gasteiger charge is -2.21. The molecule has 0 bridgehead atoms. The maximum Gasteiger partial charge on any atom is 0.355 e. The molecular formula is C25H21F2N5O4. The van der Waals surface area contributed by atoms with E-state index in [1.165, 1.54) is 23.9 Å². The van der Waals surface area contributed by atoms with E-state index in [9.17, 15) is 23.2 Å². The van der Waals surface area contributed by atoms with Crippen molar-refractivity contribution in [2.24, 2.45) is 0 Å². The van der Waals surface area contributed by atoms with Gasteiger partial charge < -0.3 is 15.0 Å². The number of aryl methyl sites for hydroxylation is 1. The van der Waals surface area contributed by atoms with Crippen LogP contribution in [0, 0.1) is 11.6 Å². The van der Waals surface area contributed by atoms with Gasteiger partial charge in [-0.2, -0.15) is 4.98 Å². The highest BCUT2D eigenvalue weighted by Crippen LogP contribution is 2.36. The minimum atomic E-state index is -1.03. The number of benzene rings is 2. The minimum absolute atomic E-state index is 0.0593. The van der Waals surface area contributed by atoms with Crippen molar-refractivity contribution in [3.63, 3.8) is 0 Å². The molecule has 2 heterocycles. The molecule has 0 saturated carbocycles. The minimum Gasteiger partial charge on any atom is -0.497 e. The van der Waals surface area contributed by atoms with Gasteiger partial charge in [0.2, 0.25) is 5.95 Å². The lowest BCUT2D eigenvalue weighted by molar-refractivity contribution is 0.415. The molecule has 184 valence electrons. The molecular weight excluding hydrogens is 472 g/mol. The summed E-state index contributed by atoms with van der Waals surface area (Å²) in [7, 11) is 1.53. The highest BCUT2D eigenvalue weighted by Gasteiger charge is 2.30. The summed E-state index contributed by atoms with van der Waals surface area (Å²) in [4.78, 5) is 45.4. The Morgan fingerprint density at radius 3 is 2.58 bits per heavy atom. The quantitative estimate of drug-likeness (QED) is 0.427. The molecule has 1 unspecified atom stereocenters. The number of nitrogens with zero attached hydrogens (tertiary/aromatic N) is 3. The van der Waals surface area contributed by atoms with Crippen LogP contribution in [0.4, 0.5) is 20.4 Å². The summed E-state index contributed by atoms with van der Waals surface area (Å²) in [5, 5.41) is 2.99. The number of pyridine rings is 1. The van der Waals surface area contributed by atoms with Crippen LogP contribution in [0.2, 0.25) is 0 Å². The normalized spacial score (nSPS) is 14.5. The van der Waals surface area contributed by atoms with Gasteiger partial charge in [-0.05, 0) is 66.4 Å². The monoisotopic (exact) mass is 493 g/mol. The number of fused-ring (bicyclic) bond motifs is 1. The molecule has 0 spiro atoms. The summed E-state index contributed by atoms with van der Waals surface area (Å²) in [6.45, 7) is -0.305. The van der Waals surface area contributed by atoms with E-state index >= 15 is 0 Å². The van der Waals surface area contributed by atoms with Gasteiger partial charge in [0, 0.05) is 17.4 Å². The fourth-order valence-corrected chi connectivity index (χ4v) is 4.41. The Morgan fingerprint density at radius 1 is 1.11 bits per heavy atom. The van der Waals surface area contributed by atoms with Gasteiger partial charge in [-0.1, -0.05) is 6.07 Å². The average molecular weight is 493 g/mol. The maximum atomic E-state index is 14.2. The molecule has 0 radical (unpaired) electrons. The summed E-state index contributed by atoms with van der Waals surface area (Å²) in [6.07, 6.45) is 2.21. The zero-order valence-electron chi connectivity index (χ0n) is 19.1. The number of nitrogens with one attached hydrogen (secondary N) is 2. The van der Waals surface area contributed by atoms with Crippen LogP contribution < -0.4 is 27.0 Å². The van der Waals surface area contributed by atoms with Gasteiger partial charge in [0.1, 0.15) is 5.75 Å². The Labute approximate surface area is 202 Å². The lowest BCUT2D eigenvalue weighted by Crippen LogP contribution is -2.44. The van der Waals surface area contributed by atoms with Crippen molar-refractivity contribution in [1.82, 2.24) is 19.1 Å². The number of aromatic amines is 1. The van der Waals surface area contributed by atoms with E-state index in [2.05, 4.69) is 15.3 Å². The van der Waals surface area contributed by atoms with Gasteiger partial charge in [-0.15, -0.1) is 0 Å². The number of aromatic nitrogens is 4. The van der Waals surface area contributed by atoms with Crippen molar-refractivity contribution in [1.29, 1.82) is 0 Å². The molecule has 5 rings (SSSR count). The Kier molecular flexibility index (Phi) is 5.96. The van der Waals surface area contributed by atoms with Crippen LogP contribution >= 0.6 is 0 Å². The van der Waals surface area contributed by atoms with Gasteiger partial charge in [0.15, 0.2) is 11.6 Å². The highest BCUT2D eigenvalue weighted by atomic mass is 19.2. The topological polar surface area (TPSA) is 111 Å². The van der Waals surface area contributed by atoms with Gasteiger partial charge in [0.25, 0.3) is 5.56 Å². The van der Waals surface area contributed by atoms with Gasteiger partial charge >= 0.3 is 11.4 Å². The van der Waals surface area contributed by atoms with Crippen molar-refractivity contribution >= 4 is 11.6 Å². The van der Waals surface area contributed by atoms with Crippen molar-refractivity contribution in [2.45, 2.75) is 25.4 Å². The largest absolute Gasteiger partial charge is 0.497 e. The van der Waals surface area contributed by atoms with Crippen molar-refractivity contribution in [2.75, 3.05) is 12.4 Å². The third-order valence-electron chi connectivity index (χ3n) is 6.21. The maximum absolute atomic E-state index is 14.2. The van der Waals surface area contributed by atoms with E-state index in [4.69, 9.17) is 4.74 Å². The molecule has 0 fully saturated rings. The van der Waals surface area contributed by atoms with E-state index < -0.39 is 34.6 Å². The summed E-state index contributed by atoms with van der Waals surface area (Å²) >= 11 is 0. The van der Waals surface area contributed by atoms with Crippen LogP contribution in [-0.4, -0.2) is 26.2 Å². The summed E-state index contributed by atoms with van der Waals surface area (Å²) < 4.78 is 35.3. The highest BCUT2D eigenvalue weighted by molar-refractivity contribution is 5.55. The average Bonchev–Trinajstić information content (AvgIpc) is 3.25. The molecule has 2 aromatic heterocycles. The van der Waals surface area contributed by atoms with Gasteiger partial charge in [-0.3, -0.25) is 9.36 Å². The van der Waals surface area contributed by atoms with Crippen LogP contribution in [-0.2, 0) is 13.0 Å². The smallest absolute Gasteiger partial charge is 0.355 e. The molecule has 2 aromatic carbocycles. The van der Waals surface area contributed by atoms with Gasteiger partial charge in [-0.25, -0.2) is 22.9 Å². The number of hydrogen-bond acceptors (Lipinski definition) is 6. The zero-order chi connectivity index (χ0) is 25.4. The fraction of sp³-hybridized carbons (Fsp3) is 0.200. The lowest BCUT2D eigenvalue weighted by atomic mass is 10.1. The predicted molar refractivity (Wildman–Crippen MR) is 128 cm³/mol. The number of H-pyrrole nitrogens is 1. The first-order valence-electron chi connectivity index (χ1n) is 11.1. The Hall–Kier alpha value is -4.54. The van der Waals surface area contributed by atoms with E-state index in [-0.39, 0.29) is 18.1 Å². The predicted octanol–water partition coefficient (Wildman–Crippen LogP) is 2.71. The second kappa shape index (κ2) is 9.25. The summed E-state index contributed by atoms with van der Waals surface area (Å²) in [5.41, 5.74) is -0.329. The SMILES string of the molecule is COc1ccc(Nc2nc(=O)n(Cc3ccc[nH]c3=O)c(=O)n2C2CCc3cc(F)c(F)cc32)cc1. The van der Waals surface area contributed by atoms with Crippen molar-refractivity contribution in [3.05, 3.63) is 114 Å². The molecule has 9 nitrogen and oxygen atoms in total. The van der Waals surface area contributed by atoms with Crippen LogP contribution in [0.15, 0.2) is 69.1 Å². The first-order chi connectivity index (χ1) is 17.4. The molecule has 0 amide bonds. The molecule has 2 N–H and O–H groups in total. The number of ether oxygens (including phenoxy) is 1. The molecule has 0 saturated heterocycles. The van der Waals surface area contributed by atoms with Crippen molar-refractivity contribution < 1.29 is 13.5 Å². The van der Waals surface area contributed by atoms with E-state index in [1.54, 1.807) is 30.3 Å². The third kappa shape index (κ3) is 4.19. The Morgan fingerprint density at radius 2 is 1.86 bits per heavy atom. The zero-order valence-corrected chi connectivity index (χ0v) is 19.1. The molecule has 1 aliphatic carbocycles. The van der Waals surface area contributed by atoms with Crippen LogP contribution in [0.1, 0.15) is 29.2 Å². The number of hydrogen-bond donors (Lipinski definition) is 2. The van der Waals surface area contributed by atoms with Crippen LogP contribution in [0.25, 0.3) is 0 Å². The second-order valence-electron chi connectivity index (χ2n) is 8.35. The first-order valence-corrected chi connectivity index (χ1v) is 11.1. The van der Waals surface area contributed by atoms with Crippen LogP contribution in [0.3, 0.4) is 0 Å². The summed E-state index contributed by atoms with van der Waals surface area (Å²) in [6, 6.07) is 11.3. The van der Waals surface area contributed by atoms with Crippen LogP contribution in [0.5, 0.6) is 5.75 Å². The van der Waals surface area contributed by atoms with Gasteiger partial charge in [0.05, 0.1) is 19.7 Å².